The first-order valence-corrected chi connectivity index (χ1v) is 14.9. The third-order valence-electron chi connectivity index (χ3n) is 8.44. The van der Waals surface area contributed by atoms with Crippen LogP contribution in [-0.4, -0.2) is 55.2 Å². The van der Waals surface area contributed by atoms with Crippen LogP contribution in [-0.2, 0) is 33.4 Å². The Hall–Kier alpha value is -2.22. The normalized spacial score (nSPS) is 21.8. The van der Waals surface area contributed by atoms with Gasteiger partial charge in [0.15, 0.2) is 0 Å². The summed E-state index contributed by atoms with van der Waals surface area (Å²) in [7, 11) is -3.42. The van der Waals surface area contributed by atoms with Gasteiger partial charge in [-0.05, 0) is 100 Å². The maximum Gasteiger partial charge on any atom is 0.238 e. The lowest BCUT2D eigenvalue weighted by molar-refractivity contribution is -0.117. The van der Waals surface area contributed by atoms with E-state index in [1.165, 1.54) is 24.0 Å². The molecule has 2 heterocycles. The molecule has 2 fully saturated rings. The summed E-state index contributed by atoms with van der Waals surface area (Å²) in [6, 6.07) is 15.7. The van der Waals surface area contributed by atoms with Crippen molar-refractivity contribution in [3.05, 3.63) is 65.2 Å². The van der Waals surface area contributed by atoms with Crippen LogP contribution in [0.3, 0.4) is 0 Å². The fourth-order valence-corrected chi connectivity index (χ4v) is 8.79. The van der Waals surface area contributed by atoms with Crippen molar-refractivity contribution in [3.63, 3.8) is 0 Å². The molecule has 2 aliphatic heterocycles. The van der Waals surface area contributed by atoms with Gasteiger partial charge in [-0.1, -0.05) is 42.5 Å². The Morgan fingerprint density at radius 1 is 0.972 bits per heavy atom. The van der Waals surface area contributed by atoms with Gasteiger partial charge in [0, 0.05) is 17.8 Å². The van der Waals surface area contributed by atoms with Crippen LogP contribution >= 0.6 is 0 Å². The molecule has 2 aromatic rings. The number of likely N-dealkylation sites (tertiary alicyclic amines) is 1. The van der Waals surface area contributed by atoms with Crippen LogP contribution in [0, 0.1) is 5.41 Å². The van der Waals surface area contributed by atoms with Gasteiger partial charge in [0.1, 0.15) is 0 Å². The number of carbonyl (C=O) groups is 1. The summed E-state index contributed by atoms with van der Waals surface area (Å²) in [5, 5.41) is 3.17. The third kappa shape index (κ3) is 5.38. The van der Waals surface area contributed by atoms with Crippen LogP contribution < -0.4 is 5.32 Å². The standard InChI is InChI=1S/C29H39N3O3S/c1-28(2)21-29(22-32(28)36(34,35)20-23-9-4-3-5-10-23)15-17-31(18-16-29)19-27(33)30-26-14-8-12-24-11-6-7-13-25(24)26/h3-5,8-10,12,14H,6-7,11,13,15-22H2,1-2H3,(H,30,33). The molecule has 0 bridgehead atoms. The zero-order valence-corrected chi connectivity index (χ0v) is 22.4. The number of aryl methyl sites for hydroxylation is 1. The van der Waals surface area contributed by atoms with Crippen LogP contribution in [0.15, 0.2) is 48.5 Å². The van der Waals surface area contributed by atoms with Crippen molar-refractivity contribution in [1.82, 2.24) is 9.21 Å². The number of fused-ring (bicyclic) bond motifs is 1. The van der Waals surface area contributed by atoms with Crippen molar-refractivity contribution in [2.45, 2.75) is 70.1 Å². The minimum atomic E-state index is -3.42. The van der Waals surface area contributed by atoms with Crippen molar-refractivity contribution < 1.29 is 13.2 Å². The smallest absolute Gasteiger partial charge is 0.238 e. The largest absolute Gasteiger partial charge is 0.325 e. The topological polar surface area (TPSA) is 69.7 Å². The van der Waals surface area contributed by atoms with Gasteiger partial charge >= 0.3 is 0 Å². The summed E-state index contributed by atoms with van der Waals surface area (Å²) in [6.45, 7) is 6.73. The van der Waals surface area contributed by atoms with Crippen molar-refractivity contribution in [2.75, 3.05) is 31.5 Å². The second kappa shape index (κ2) is 9.92. The highest BCUT2D eigenvalue weighted by molar-refractivity contribution is 7.88. The Labute approximate surface area is 216 Å². The Bertz CT molecular complexity index is 1200. The zero-order valence-electron chi connectivity index (χ0n) is 21.6. The summed E-state index contributed by atoms with van der Waals surface area (Å²) in [4.78, 5) is 15.1. The first-order chi connectivity index (χ1) is 17.2. The van der Waals surface area contributed by atoms with E-state index in [0.717, 1.165) is 56.4 Å². The van der Waals surface area contributed by atoms with Crippen LogP contribution in [0.4, 0.5) is 5.69 Å². The number of benzene rings is 2. The molecule has 6 nitrogen and oxygen atoms in total. The highest BCUT2D eigenvalue weighted by atomic mass is 32.2. The van der Waals surface area contributed by atoms with Crippen molar-refractivity contribution in [3.8, 4) is 0 Å². The van der Waals surface area contributed by atoms with Crippen molar-refractivity contribution >= 4 is 21.6 Å². The van der Waals surface area contributed by atoms with Crippen LogP contribution in [0.1, 0.15) is 62.6 Å². The van der Waals surface area contributed by atoms with Gasteiger partial charge in [-0.2, -0.15) is 4.31 Å². The first kappa shape index (κ1) is 25.4. The fourth-order valence-electron chi connectivity index (χ4n) is 6.73. The molecule has 1 amide bonds. The molecule has 1 aliphatic carbocycles. The summed E-state index contributed by atoms with van der Waals surface area (Å²) < 4.78 is 28.5. The van der Waals surface area contributed by atoms with E-state index in [1.54, 1.807) is 4.31 Å². The Balaban J connectivity index is 1.18. The average molecular weight is 510 g/mol. The van der Waals surface area contributed by atoms with E-state index >= 15 is 0 Å². The molecule has 1 N–H and O–H groups in total. The molecule has 0 saturated carbocycles. The Morgan fingerprint density at radius 3 is 2.44 bits per heavy atom. The summed E-state index contributed by atoms with van der Waals surface area (Å²) in [5.41, 5.74) is 4.06. The SMILES string of the molecule is CC1(C)CC2(CCN(CC(=O)Nc3cccc4c3CCCC4)CC2)CN1S(=O)(=O)Cc1ccccc1. The second-order valence-electron chi connectivity index (χ2n) is 11.7. The molecule has 3 aliphatic rings. The summed E-state index contributed by atoms with van der Waals surface area (Å²) >= 11 is 0. The molecule has 1 spiro atoms. The summed E-state index contributed by atoms with van der Waals surface area (Å²) in [5.74, 6) is 0.0896. The number of rotatable bonds is 6. The van der Waals surface area contributed by atoms with Gasteiger partial charge in [0.25, 0.3) is 0 Å². The predicted octanol–water partition coefficient (Wildman–Crippen LogP) is 4.60. The summed E-state index contributed by atoms with van der Waals surface area (Å²) in [6.07, 6.45) is 7.25. The van der Waals surface area contributed by atoms with E-state index in [0.29, 0.717) is 13.1 Å². The van der Waals surface area contributed by atoms with Crippen molar-refractivity contribution in [1.29, 1.82) is 0 Å². The molecule has 36 heavy (non-hydrogen) atoms. The molecule has 2 saturated heterocycles. The number of nitrogens with zero attached hydrogens (tertiary/aromatic N) is 2. The Kier molecular flexibility index (Phi) is 7.01. The number of piperidine rings is 1. The highest BCUT2D eigenvalue weighted by Crippen LogP contribution is 2.49. The molecular formula is C29H39N3O3S. The van der Waals surface area contributed by atoms with Gasteiger partial charge in [0.05, 0.1) is 12.3 Å². The quantitative estimate of drug-likeness (QED) is 0.618. The molecular weight excluding hydrogens is 470 g/mol. The van der Waals surface area contributed by atoms with Gasteiger partial charge in [-0.25, -0.2) is 8.42 Å². The van der Waals surface area contributed by atoms with Crippen LogP contribution in [0.5, 0.6) is 0 Å². The lowest BCUT2D eigenvalue weighted by atomic mass is 9.74. The number of anilines is 1. The molecule has 194 valence electrons. The number of sulfonamides is 1. The number of nitrogens with one attached hydrogen (secondary N) is 1. The van der Waals surface area contributed by atoms with Crippen LogP contribution in [0.25, 0.3) is 0 Å². The van der Waals surface area contributed by atoms with E-state index < -0.39 is 15.6 Å². The second-order valence-corrected chi connectivity index (χ2v) is 13.6. The first-order valence-electron chi connectivity index (χ1n) is 13.3. The van der Waals surface area contributed by atoms with Gasteiger partial charge in [0.2, 0.25) is 15.9 Å². The predicted molar refractivity (Wildman–Crippen MR) is 144 cm³/mol. The van der Waals surface area contributed by atoms with Crippen LogP contribution in [0.2, 0.25) is 0 Å². The van der Waals surface area contributed by atoms with Crippen molar-refractivity contribution in [2.24, 2.45) is 5.41 Å². The maximum absolute atomic E-state index is 13.4. The highest BCUT2D eigenvalue weighted by Gasteiger charge is 2.53. The minimum absolute atomic E-state index is 0.0151. The molecule has 2 aromatic carbocycles. The lowest BCUT2D eigenvalue weighted by Crippen LogP contribution is -2.45. The monoisotopic (exact) mass is 509 g/mol. The average Bonchev–Trinajstić information content (AvgIpc) is 3.12. The third-order valence-corrected chi connectivity index (χ3v) is 10.4. The molecule has 0 unspecified atom stereocenters. The molecule has 0 aromatic heterocycles. The number of hydrogen-bond donors (Lipinski definition) is 1. The van der Waals surface area contributed by atoms with E-state index in [4.69, 9.17) is 0 Å². The Morgan fingerprint density at radius 2 is 1.69 bits per heavy atom. The van der Waals surface area contributed by atoms with E-state index in [1.807, 2.05) is 42.5 Å². The number of hydrogen-bond acceptors (Lipinski definition) is 4. The lowest BCUT2D eigenvalue weighted by Gasteiger charge is -2.39. The van der Waals surface area contributed by atoms with Gasteiger partial charge < -0.3 is 5.32 Å². The van der Waals surface area contributed by atoms with Gasteiger partial charge in [-0.15, -0.1) is 0 Å². The van der Waals surface area contributed by atoms with E-state index in [2.05, 4.69) is 30.1 Å². The fraction of sp³-hybridized carbons (Fsp3) is 0.552. The number of amides is 1. The molecule has 7 heteroatoms. The molecule has 5 rings (SSSR count). The minimum Gasteiger partial charge on any atom is -0.325 e. The number of carbonyl (C=O) groups excluding carboxylic acids is 1. The molecule has 0 atom stereocenters. The van der Waals surface area contributed by atoms with Gasteiger partial charge in [-0.3, -0.25) is 9.69 Å². The van der Waals surface area contributed by atoms with E-state index in [-0.39, 0.29) is 17.1 Å². The molecule has 0 radical (unpaired) electrons. The zero-order chi connectivity index (χ0) is 25.4. The van der Waals surface area contributed by atoms with E-state index in [9.17, 15) is 13.2 Å². The maximum atomic E-state index is 13.4.